The topological polar surface area (TPSA) is 76.3 Å². The number of likely N-dealkylation sites (N-methyl/N-ethyl adjacent to an activating group) is 1. The molecule has 1 aromatic carbocycles. The fourth-order valence-electron chi connectivity index (χ4n) is 3.79. The van der Waals surface area contributed by atoms with Crippen molar-refractivity contribution in [3.63, 3.8) is 0 Å². The highest BCUT2D eigenvalue weighted by atomic mass is 35.5. The second kappa shape index (κ2) is 8.73. The lowest BCUT2D eigenvalue weighted by atomic mass is 9.95. The van der Waals surface area contributed by atoms with Crippen LogP contribution in [0.3, 0.4) is 0 Å². The Morgan fingerprint density at radius 3 is 2.52 bits per heavy atom. The van der Waals surface area contributed by atoms with Crippen LogP contribution in [0.4, 0.5) is 4.79 Å². The van der Waals surface area contributed by atoms with E-state index in [0.717, 1.165) is 32.7 Å². The minimum absolute atomic E-state index is 0.334. The number of hydrogen-bond acceptors (Lipinski definition) is 3. The van der Waals surface area contributed by atoms with Crippen molar-refractivity contribution in [2.45, 2.75) is 13.0 Å². The SMILES string of the molecule is CC[NH+]1CC[NH+](CC2=C(C(=O)OC)[C@H](c3ccccc3Cl)NC(=O)N2)CC1. The average Bonchev–Trinajstić information content (AvgIpc) is 2.68. The lowest BCUT2D eigenvalue weighted by Crippen LogP contribution is -3.28. The van der Waals surface area contributed by atoms with Crippen molar-refractivity contribution < 1.29 is 24.1 Å². The first-order valence-corrected chi connectivity index (χ1v) is 9.71. The van der Waals surface area contributed by atoms with Gasteiger partial charge in [-0.25, -0.2) is 9.59 Å². The fourth-order valence-corrected chi connectivity index (χ4v) is 4.03. The third-order valence-electron chi connectivity index (χ3n) is 5.37. The van der Waals surface area contributed by atoms with Gasteiger partial charge in [0.2, 0.25) is 0 Å². The Labute approximate surface area is 164 Å². The standard InChI is InChI=1S/C19H25ClN4O3/c1-3-23-8-10-24(11-9-23)12-15-16(18(25)27-2)17(22-19(26)21-15)13-6-4-5-7-14(13)20/h4-7,17H,3,8-12H2,1-2H3,(H2,21,22,26)/p+2/t17-/m0/s1. The number of esters is 1. The number of hydrogen-bond donors (Lipinski definition) is 4. The van der Waals surface area contributed by atoms with E-state index < -0.39 is 12.0 Å². The van der Waals surface area contributed by atoms with E-state index in [4.69, 9.17) is 16.3 Å². The molecule has 0 spiro atoms. The molecule has 1 saturated heterocycles. The van der Waals surface area contributed by atoms with Crippen molar-refractivity contribution in [3.05, 3.63) is 46.1 Å². The molecule has 2 aliphatic rings. The lowest BCUT2D eigenvalue weighted by molar-refractivity contribution is -1.01. The number of carbonyl (C=O) groups is 2. The molecular formula is C19H27ClN4O3+2. The van der Waals surface area contributed by atoms with Gasteiger partial charge in [0.1, 0.15) is 32.7 Å². The van der Waals surface area contributed by atoms with E-state index >= 15 is 0 Å². The van der Waals surface area contributed by atoms with Crippen LogP contribution in [0, 0.1) is 0 Å². The molecule has 1 atom stereocenters. The minimum Gasteiger partial charge on any atom is -0.466 e. The molecule has 8 heteroatoms. The Hall–Kier alpha value is -2.09. The Morgan fingerprint density at radius 2 is 1.89 bits per heavy atom. The van der Waals surface area contributed by atoms with Crippen LogP contribution in [0.25, 0.3) is 0 Å². The first-order valence-electron chi connectivity index (χ1n) is 9.33. The molecule has 0 bridgehead atoms. The zero-order valence-electron chi connectivity index (χ0n) is 15.7. The molecule has 0 radical (unpaired) electrons. The van der Waals surface area contributed by atoms with Gasteiger partial charge < -0.3 is 25.2 Å². The molecule has 4 N–H and O–H groups in total. The summed E-state index contributed by atoms with van der Waals surface area (Å²) in [5, 5.41) is 6.15. The first kappa shape index (κ1) is 19.7. The van der Waals surface area contributed by atoms with Crippen molar-refractivity contribution in [1.29, 1.82) is 0 Å². The number of urea groups is 1. The molecule has 146 valence electrons. The van der Waals surface area contributed by atoms with E-state index in [1.54, 1.807) is 11.0 Å². The quantitative estimate of drug-likeness (QED) is 0.480. The highest BCUT2D eigenvalue weighted by Gasteiger charge is 2.36. The van der Waals surface area contributed by atoms with E-state index in [9.17, 15) is 9.59 Å². The second-order valence-electron chi connectivity index (χ2n) is 6.97. The van der Waals surface area contributed by atoms with Gasteiger partial charge in [0.05, 0.1) is 31.0 Å². The maximum Gasteiger partial charge on any atom is 0.338 e. The Kier molecular flexibility index (Phi) is 6.36. The van der Waals surface area contributed by atoms with Gasteiger partial charge in [-0.1, -0.05) is 29.8 Å². The van der Waals surface area contributed by atoms with Gasteiger partial charge in [-0.3, -0.25) is 0 Å². The predicted octanol–water partition coefficient (Wildman–Crippen LogP) is -1.08. The minimum atomic E-state index is -0.628. The van der Waals surface area contributed by atoms with Gasteiger partial charge in [-0.2, -0.15) is 0 Å². The fraction of sp³-hybridized carbons (Fsp3) is 0.474. The zero-order valence-corrected chi connectivity index (χ0v) is 16.5. The number of rotatable bonds is 5. The predicted molar refractivity (Wildman–Crippen MR) is 102 cm³/mol. The summed E-state index contributed by atoms with van der Waals surface area (Å²) < 4.78 is 5.03. The Morgan fingerprint density at radius 1 is 1.22 bits per heavy atom. The molecule has 1 fully saturated rings. The van der Waals surface area contributed by atoms with Crippen molar-refractivity contribution in [1.82, 2.24) is 10.6 Å². The van der Waals surface area contributed by atoms with E-state index in [1.165, 1.54) is 12.0 Å². The molecule has 7 nitrogen and oxygen atoms in total. The summed E-state index contributed by atoms with van der Waals surface area (Å²) in [6.45, 7) is 8.08. The highest BCUT2D eigenvalue weighted by molar-refractivity contribution is 6.31. The van der Waals surface area contributed by atoms with Crippen molar-refractivity contribution in [2.75, 3.05) is 46.4 Å². The molecule has 1 aromatic rings. The van der Waals surface area contributed by atoms with E-state index in [2.05, 4.69) is 17.6 Å². The molecule has 0 saturated carbocycles. The molecular weight excluding hydrogens is 368 g/mol. The summed E-state index contributed by atoms with van der Waals surface area (Å²) in [5.74, 6) is -0.459. The maximum absolute atomic E-state index is 12.6. The number of nitrogens with one attached hydrogen (secondary N) is 4. The molecule has 0 aromatic heterocycles. The monoisotopic (exact) mass is 394 g/mol. The van der Waals surface area contributed by atoms with Gasteiger partial charge in [0.15, 0.2) is 0 Å². The van der Waals surface area contributed by atoms with E-state index in [-0.39, 0.29) is 6.03 Å². The highest BCUT2D eigenvalue weighted by Crippen LogP contribution is 2.31. The van der Waals surface area contributed by atoms with Crippen LogP contribution in [-0.4, -0.2) is 58.4 Å². The van der Waals surface area contributed by atoms with Crippen LogP contribution in [-0.2, 0) is 9.53 Å². The molecule has 2 aliphatic heterocycles. The van der Waals surface area contributed by atoms with Crippen LogP contribution in [0.15, 0.2) is 35.5 Å². The van der Waals surface area contributed by atoms with Crippen LogP contribution >= 0.6 is 11.6 Å². The molecule has 3 rings (SSSR count). The summed E-state index contributed by atoms with van der Waals surface area (Å²) in [5.41, 5.74) is 1.72. The number of methoxy groups -OCH3 is 1. The van der Waals surface area contributed by atoms with Crippen LogP contribution < -0.4 is 20.4 Å². The average molecular weight is 395 g/mol. The molecule has 2 heterocycles. The number of carbonyl (C=O) groups excluding carboxylic acids is 2. The summed E-state index contributed by atoms with van der Waals surface area (Å²) in [6, 6.07) is 6.25. The summed E-state index contributed by atoms with van der Waals surface area (Å²) in [7, 11) is 1.35. The van der Waals surface area contributed by atoms with E-state index in [0.29, 0.717) is 28.4 Å². The van der Waals surface area contributed by atoms with Crippen molar-refractivity contribution >= 4 is 23.6 Å². The molecule has 0 aliphatic carbocycles. The number of benzene rings is 1. The summed E-state index contributed by atoms with van der Waals surface area (Å²) in [6.07, 6.45) is 0. The normalized spacial score (nSPS) is 25.6. The summed E-state index contributed by atoms with van der Waals surface area (Å²) in [4.78, 5) is 27.8. The number of amides is 2. The van der Waals surface area contributed by atoms with Gasteiger partial charge >= 0.3 is 12.0 Å². The molecule has 0 unspecified atom stereocenters. The third kappa shape index (κ3) is 4.43. The Balaban J connectivity index is 1.92. The van der Waals surface area contributed by atoms with Gasteiger partial charge in [0.25, 0.3) is 0 Å². The summed E-state index contributed by atoms with van der Waals surface area (Å²) >= 11 is 6.34. The molecule has 2 amide bonds. The smallest absolute Gasteiger partial charge is 0.338 e. The second-order valence-corrected chi connectivity index (χ2v) is 7.37. The van der Waals surface area contributed by atoms with Gasteiger partial charge in [-0.15, -0.1) is 0 Å². The number of halogens is 1. The maximum atomic E-state index is 12.6. The number of ether oxygens (including phenoxy) is 1. The Bertz CT molecular complexity index is 744. The van der Waals surface area contributed by atoms with E-state index in [1.807, 2.05) is 18.2 Å². The number of quaternary nitrogens is 2. The molecule has 27 heavy (non-hydrogen) atoms. The van der Waals surface area contributed by atoms with Crippen LogP contribution in [0.5, 0.6) is 0 Å². The first-order chi connectivity index (χ1) is 13.0. The van der Waals surface area contributed by atoms with Gasteiger partial charge in [-0.05, 0) is 18.6 Å². The zero-order chi connectivity index (χ0) is 19.4. The lowest BCUT2D eigenvalue weighted by Gasteiger charge is -2.33. The third-order valence-corrected chi connectivity index (χ3v) is 5.71. The van der Waals surface area contributed by atoms with Crippen LogP contribution in [0.1, 0.15) is 18.5 Å². The van der Waals surface area contributed by atoms with Gasteiger partial charge in [0, 0.05) is 5.02 Å². The van der Waals surface area contributed by atoms with Crippen molar-refractivity contribution in [2.24, 2.45) is 0 Å². The van der Waals surface area contributed by atoms with Crippen LogP contribution in [0.2, 0.25) is 5.02 Å². The largest absolute Gasteiger partial charge is 0.466 e. The van der Waals surface area contributed by atoms with Crippen molar-refractivity contribution in [3.8, 4) is 0 Å². The number of piperazine rings is 1.